The summed E-state index contributed by atoms with van der Waals surface area (Å²) in [6, 6.07) is 9.78. The number of ether oxygens (including phenoxy) is 1. The van der Waals surface area contributed by atoms with Crippen LogP contribution in [0.2, 0.25) is 0 Å². The van der Waals surface area contributed by atoms with Gasteiger partial charge in [0.1, 0.15) is 5.75 Å². The lowest BCUT2D eigenvalue weighted by Gasteiger charge is -2.15. The van der Waals surface area contributed by atoms with Gasteiger partial charge in [-0.25, -0.2) is 0 Å². The molecule has 0 aliphatic carbocycles. The van der Waals surface area contributed by atoms with Gasteiger partial charge >= 0.3 is 0 Å². The second kappa shape index (κ2) is 5.53. The fourth-order valence-corrected chi connectivity index (χ4v) is 2.71. The van der Waals surface area contributed by atoms with Crippen molar-refractivity contribution in [3.05, 3.63) is 45.9 Å². The van der Waals surface area contributed by atoms with Crippen molar-refractivity contribution in [1.29, 1.82) is 0 Å². The molecule has 2 aromatic rings. The Bertz CT molecular complexity index is 588. The van der Waals surface area contributed by atoms with Gasteiger partial charge in [0, 0.05) is 16.2 Å². The molecule has 0 saturated carbocycles. The standard InChI is InChI=1S/C15H17BrN2O/c1-9-6-11(16)7-10(2)15(9)18-14-5-4-12(19-3)8-13(14)17/h4-8,18H,17H2,1-3H3. The highest BCUT2D eigenvalue weighted by atomic mass is 79.9. The summed E-state index contributed by atoms with van der Waals surface area (Å²) >= 11 is 3.50. The number of hydrogen-bond acceptors (Lipinski definition) is 3. The van der Waals surface area contributed by atoms with E-state index in [0.717, 1.165) is 21.6 Å². The summed E-state index contributed by atoms with van der Waals surface area (Å²) in [5.41, 5.74) is 11.0. The summed E-state index contributed by atoms with van der Waals surface area (Å²) in [7, 11) is 1.63. The third-order valence-electron chi connectivity index (χ3n) is 3.02. The van der Waals surface area contributed by atoms with Gasteiger partial charge in [-0.3, -0.25) is 0 Å². The SMILES string of the molecule is COc1ccc(Nc2c(C)cc(Br)cc2C)c(N)c1. The molecule has 0 aliphatic heterocycles. The number of halogens is 1. The predicted octanol–water partition coefficient (Wildman–Crippen LogP) is 4.40. The van der Waals surface area contributed by atoms with Crippen LogP contribution in [-0.4, -0.2) is 7.11 Å². The molecule has 0 heterocycles. The molecule has 2 rings (SSSR count). The molecule has 0 radical (unpaired) electrons. The maximum absolute atomic E-state index is 6.02. The first kappa shape index (κ1) is 13.7. The fraction of sp³-hybridized carbons (Fsp3) is 0.200. The summed E-state index contributed by atoms with van der Waals surface area (Å²) in [4.78, 5) is 0. The van der Waals surface area contributed by atoms with Gasteiger partial charge in [-0.2, -0.15) is 0 Å². The highest BCUT2D eigenvalue weighted by Crippen LogP contribution is 2.31. The molecule has 3 nitrogen and oxygen atoms in total. The van der Waals surface area contributed by atoms with Gasteiger partial charge in [0.05, 0.1) is 18.5 Å². The van der Waals surface area contributed by atoms with Gasteiger partial charge in [0.25, 0.3) is 0 Å². The first-order valence-corrected chi connectivity index (χ1v) is 6.78. The van der Waals surface area contributed by atoms with Crippen molar-refractivity contribution in [3.63, 3.8) is 0 Å². The molecule has 19 heavy (non-hydrogen) atoms. The Kier molecular flexibility index (Phi) is 4.00. The van der Waals surface area contributed by atoms with Crippen molar-refractivity contribution in [2.45, 2.75) is 13.8 Å². The monoisotopic (exact) mass is 320 g/mol. The van der Waals surface area contributed by atoms with E-state index in [-0.39, 0.29) is 0 Å². The van der Waals surface area contributed by atoms with Crippen LogP contribution < -0.4 is 15.8 Å². The number of nitrogens with one attached hydrogen (secondary N) is 1. The molecule has 0 aliphatic rings. The zero-order valence-corrected chi connectivity index (χ0v) is 12.8. The van der Waals surface area contributed by atoms with E-state index >= 15 is 0 Å². The van der Waals surface area contributed by atoms with Gasteiger partial charge in [-0.1, -0.05) is 15.9 Å². The van der Waals surface area contributed by atoms with E-state index in [4.69, 9.17) is 10.5 Å². The van der Waals surface area contributed by atoms with Crippen LogP contribution in [-0.2, 0) is 0 Å². The van der Waals surface area contributed by atoms with E-state index in [9.17, 15) is 0 Å². The number of hydrogen-bond donors (Lipinski definition) is 2. The lowest BCUT2D eigenvalue weighted by atomic mass is 10.1. The van der Waals surface area contributed by atoms with Crippen LogP contribution in [0.4, 0.5) is 17.1 Å². The molecule has 0 atom stereocenters. The Balaban J connectivity index is 2.36. The lowest BCUT2D eigenvalue weighted by Crippen LogP contribution is -2.00. The minimum atomic E-state index is 0.668. The number of nitrogens with two attached hydrogens (primary N) is 1. The summed E-state index contributed by atoms with van der Waals surface area (Å²) in [6.45, 7) is 4.14. The van der Waals surface area contributed by atoms with Gasteiger partial charge in [0.2, 0.25) is 0 Å². The summed E-state index contributed by atoms with van der Waals surface area (Å²) in [5, 5.41) is 3.39. The fourth-order valence-electron chi connectivity index (χ4n) is 2.02. The average molecular weight is 321 g/mol. The van der Waals surface area contributed by atoms with Crippen LogP contribution in [0.5, 0.6) is 5.75 Å². The lowest BCUT2D eigenvalue weighted by molar-refractivity contribution is 0.415. The number of methoxy groups -OCH3 is 1. The molecule has 0 spiro atoms. The normalized spacial score (nSPS) is 10.3. The molecular weight excluding hydrogens is 304 g/mol. The van der Waals surface area contributed by atoms with Crippen LogP contribution in [0.25, 0.3) is 0 Å². The molecule has 0 saturated heterocycles. The average Bonchev–Trinajstić information content (AvgIpc) is 2.35. The van der Waals surface area contributed by atoms with E-state index in [1.165, 1.54) is 11.1 Å². The molecule has 4 heteroatoms. The van der Waals surface area contributed by atoms with Gasteiger partial charge in [-0.05, 0) is 49.2 Å². The molecule has 0 unspecified atom stereocenters. The topological polar surface area (TPSA) is 47.3 Å². The Morgan fingerprint density at radius 1 is 1.11 bits per heavy atom. The largest absolute Gasteiger partial charge is 0.497 e. The highest BCUT2D eigenvalue weighted by molar-refractivity contribution is 9.10. The predicted molar refractivity (Wildman–Crippen MR) is 84.3 cm³/mol. The summed E-state index contributed by atoms with van der Waals surface area (Å²) in [5.74, 6) is 0.757. The molecule has 0 bridgehead atoms. The van der Waals surface area contributed by atoms with Gasteiger partial charge in [0.15, 0.2) is 0 Å². The maximum atomic E-state index is 6.02. The van der Waals surface area contributed by atoms with Crippen LogP contribution in [0.15, 0.2) is 34.8 Å². The Hall–Kier alpha value is -1.68. The highest BCUT2D eigenvalue weighted by Gasteiger charge is 2.07. The van der Waals surface area contributed by atoms with Crippen LogP contribution in [0.3, 0.4) is 0 Å². The van der Waals surface area contributed by atoms with E-state index in [2.05, 4.69) is 47.2 Å². The number of rotatable bonds is 3. The van der Waals surface area contributed by atoms with Crippen molar-refractivity contribution < 1.29 is 4.74 Å². The first-order valence-electron chi connectivity index (χ1n) is 5.98. The Morgan fingerprint density at radius 3 is 2.26 bits per heavy atom. The quantitative estimate of drug-likeness (QED) is 0.824. The summed E-state index contributed by atoms with van der Waals surface area (Å²) in [6.07, 6.45) is 0. The molecular formula is C15H17BrN2O. The maximum Gasteiger partial charge on any atom is 0.121 e. The zero-order valence-electron chi connectivity index (χ0n) is 11.3. The molecule has 0 amide bonds. The van der Waals surface area contributed by atoms with Gasteiger partial charge < -0.3 is 15.8 Å². The van der Waals surface area contributed by atoms with Crippen molar-refractivity contribution >= 4 is 33.0 Å². The Labute approximate surface area is 121 Å². The minimum Gasteiger partial charge on any atom is -0.497 e. The van der Waals surface area contributed by atoms with E-state index in [0.29, 0.717) is 5.69 Å². The van der Waals surface area contributed by atoms with E-state index in [1.807, 2.05) is 18.2 Å². The van der Waals surface area contributed by atoms with Gasteiger partial charge in [-0.15, -0.1) is 0 Å². The minimum absolute atomic E-state index is 0.668. The Morgan fingerprint density at radius 2 is 1.74 bits per heavy atom. The second-order valence-corrected chi connectivity index (χ2v) is 5.41. The van der Waals surface area contributed by atoms with Crippen molar-refractivity contribution in [1.82, 2.24) is 0 Å². The smallest absolute Gasteiger partial charge is 0.121 e. The van der Waals surface area contributed by atoms with Crippen molar-refractivity contribution in [2.24, 2.45) is 0 Å². The molecule has 100 valence electrons. The molecule has 3 N–H and O–H groups in total. The van der Waals surface area contributed by atoms with Crippen molar-refractivity contribution in [3.8, 4) is 5.75 Å². The van der Waals surface area contributed by atoms with Crippen LogP contribution in [0.1, 0.15) is 11.1 Å². The number of anilines is 3. The first-order chi connectivity index (χ1) is 9.01. The number of aryl methyl sites for hydroxylation is 2. The van der Waals surface area contributed by atoms with Crippen LogP contribution >= 0.6 is 15.9 Å². The number of nitrogen functional groups attached to an aromatic ring is 1. The van der Waals surface area contributed by atoms with Crippen LogP contribution in [0, 0.1) is 13.8 Å². The third-order valence-corrected chi connectivity index (χ3v) is 3.47. The zero-order chi connectivity index (χ0) is 14.0. The molecule has 0 aromatic heterocycles. The van der Waals surface area contributed by atoms with E-state index in [1.54, 1.807) is 7.11 Å². The van der Waals surface area contributed by atoms with E-state index < -0.39 is 0 Å². The van der Waals surface area contributed by atoms with Crippen molar-refractivity contribution in [2.75, 3.05) is 18.2 Å². The number of benzene rings is 2. The molecule has 2 aromatic carbocycles. The molecule has 0 fully saturated rings. The summed E-state index contributed by atoms with van der Waals surface area (Å²) < 4.78 is 6.23. The second-order valence-electron chi connectivity index (χ2n) is 4.49. The third kappa shape index (κ3) is 3.01.